The molecule has 0 aliphatic carbocycles. The van der Waals surface area contributed by atoms with Crippen molar-refractivity contribution in [3.8, 4) is 0 Å². The Hall–Kier alpha value is -1.60. The molecule has 0 saturated carbocycles. The van der Waals surface area contributed by atoms with Crippen LogP contribution in [-0.2, 0) is 6.54 Å². The first-order valence-corrected chi connectivity index (χ1v) is 7.97. The Morgan fingerprint density at radius 2 is 1.57 bits per heavy atom. The van der Waals surface area contributed by atoms with E-state index in [-0.39, 0.29) is 0 Å². The molecule has 0 aliphatic rings. The lowest BCUT2D eigenvalue weighted by Crippen LogP contribution is -2.21. The van der Waals surface area contributed by atoms with Crippen molar-refractivity contribution >= 4 is 0 Å². The first kappa shape index (κ1) is 15.8. The van der Waals surface area contributed by atoms with Gasteiger partial charge in [0.15, 0.2) is 0 Å². The van der Waals surface area contributed by atoms with Crippen molar-refractivity contribution in [1.82, 2.24) is 5.32 Å². The zero-order chi connectivity index (χ0) is 15.2. The fraction of sp³-hybridized carbons (Fsp3) is 0.400. The highest BCUT2D eigenvalue weighted by atomic mass is 14.9. The molecule has 0 amide bonds. The second kappa shape index (κ2) is 7.42. The van der Waals surface area contributed by atoms with Gasteiger partial charge in [0, 0.05) is 12.6 Å². The van der Waals surface area contributed by atoms with Crippen LogP contribution < -0.4 is 5.32 Å². The summed E-state index contributed by atoms with van der Waals surface area (Å²) in [4.78, 5) is 0. The average molecular weight is 281 g/mol. The fourth-order valence-electron chi connectivity index (χ4n) is 3.07. The minimum atomic E-state index is 0.441. The SMILES string of the molecule is CCCC(NCc1c(C)cc(C)cc1C)c1ccccc1. The number of benzene rings is 2. The topological polar surface area (TPSA) is 12.0 Å². The molecule has 1 N–H and O–H groups in total. The van der Waals surface area contributed by atoms with Crippen LogP contribution in [0.15, 0.2) is 42.5 Å². The molecule has 0 fully saturated rings. The summed E-state index contributed by atoms with van der Waals surface area (Å²) in [5, 5.41) is 3.75. The highest BCUT2D eigenvalue weighted by molar-refractivity contribution is 5.37. The number of hydrogen-bond acceptors (Lipinski definition) is 1. The Balaban J connectivity index is 2.13. The lowest BCUT2D eigenvalue weighted by molar-refractivity contribution is 0.492. The van der Waals surface area contributed by atoms with E-state index in [0.29, 0.717) is 6.04 Å². The molecule has 1 atom stereocenters. The molecule has 0 spiro atoms. The van der Waals surface area contributed by atoms with Crippen LogP contribution >= 0.6 is 0 Å². The smallest absolute Gasteiger partial charge is 0.0323 e. The summed E-state index contributed by atoms with van der Waals surface area (Å²) >= 11 is 0. The third-order valence-electron chi connectivity index (χ3n) is 4.14. The molecule has 112 valence electrons. The van der Waals surface area contributed by atoms with Crippen molar-refractivity contribution < 1.29 is 0 Å². The summed E-state index contributed by atoms with van der Waals surface area (Å²) in [6.07, 6.45) is 2.37. The zero-order valence-corrected chi connectivity index (χ0v) is 13.7. The van der Waals surface area contributed by atoms with Crippen LogP contribution in [0.4, 0.5) is 0 Å². The van der Waals surface area contributed by atoms with Crippen molar-refractivity contribution in [2.75, 3.05) is 0 Å². The molecular weight excluding hydrogens is 254 g/mol. The lowest BCUT2D eigenvalue weighted by atomic mass is 9.98. The van der Waals surface area contributed by atoms with E-state index in [9.17, 15) is 0 Å². The van der Waals surface area contributed by atoms with E-state index < -0.39 is 0 Å². The average Bonchev–Trinajstić information content (AvgIpc) is 2.46. The largest absolute Gasteiger partial charge is 0.306 e. The molecule has 0 aliphatic heterocycles. The monoisotopic (exact) mass is 281 g/mol. The van der Waals surface area contributed by atoms with Crippen molar-refractivity contribution in [2.45, 2.75) is 53.1 Å². The molecule has 0 radical (unpaired) electrons. The van der Waals surface area contributed by atoms with Crippen LogP contribution in [0.1, 0.15) is 53.6 Å². The molecule has 1 nitrogen and oxygen atoms in total. The van der Waals surface area contributed by atoms with E-state index in [0.717, 1.165) is 6.54 Å². The van der Waals surface area contributed by atoms with E-state index in [2.05, 4.69) is 75.5 Å². The standard InChI is InChI=1S/C20H27N/c1-5-9-20(18-10-7-6-8-11-18)21-14-19-16(3)12-15(2)13-17(19)4/h6-8,10-13,20-21H,5,9,14H2,1-4H3. The van der Waals surface area contributed by atoms with Crippen LogP contribution in [0.3, 0.4) is 0 Å². The van der Waals surface area contributed by atoms with Gasteiger partial charge in [-0.1, -0.05) is 61.4 Å². The normalized spacial score (nSPS) is 12.4. The molecule has 0 aromatic heterocycles. The quantitative estimate of drug-likeness (QED) is 0.763. The van der Waals surface area contributed by atoms with Gasteiger partial charge in [-0.2, -0.15) is 0 Å². The van der Waals surface area contributed by atoms with E-state index in [1.807, 2.05) is 0 Å². The Bertz CT molecular complexity index is 549. The molecule has 0 heterocycles. The minimum Gasteiger partial charge on any atom is -0.306 e. The molecule has 1 unspecified atom stereocenters. The van der Waals surface area contributed by atoms with Gasteiger partial charge < -0.3 is 5.32 Å². The predicted octanol–water partition coefficient (Wildman–Crippen LogP) is 5.24. The summed E-state index contributed by atoms with van der Waals surface area (Å²) in [6, 6.07) is 15.8. The number of hydrogen-bond donors (Lipinski definition) is 1. The maximum absolute atomic E-state index is 3.75. The molecule has 0 saturated heterocycles. The summed E-state index contributed by atoms with van der Waals surface area (Å²) in [6.45, 7) is 9.79. The Kier molecular flexibility index (Phi) is 5.58. The Morgan fingerprint density at radius 3 is 2.14 bits per heavy atom. The highest BCUT2D eigenvalue weighted by Crippen LogP contribution is 2.21. The molecular formula is C20H27N. The molecule has 2 aromatic carbocycles. The van der Waals surface area contributed by atoms with Gasteiger partial charge in [-0.3, -0.25) is 0 Å². The summed E-state index contributed by atoms with van der Waals surface area (Å²) in [7, 11) is 0. The molecule has 2 aromatic rings. The van der Waals surface area contributed by atoms with Crippen LogP contribution in [0.2, 0.25) is 0 Å². The Labute approximate surface area is 129 Å². The first-order chi connectivity index (χ1) is 10.1. The maximum atomic E-state index is 3.75. The van der Waals surface area contributed by atoms with Gasteiger partial charge in [0.1, 0.15) is 0 Å². The zero-order valence-electron chi connectivity index (χ0n) is 13.7. The molecule has 2 rings (SSSR count). The first-order valence-electron chi connectivity index (χ1n) is 7.97. The highest BCUT2D eigenvalue weighted by Gasteiger charge is 2.11. The second-order valence-electron chi connectivity index (χ2n) is 6.01. The van der Waals surface area contributed by atoms with E-state index in [1.165, 1.54) is 40.7 Å². The summed E-state index contributed by atoms with van der Waals surface area (Å²) in [5.74, 6) is 0. The second-order valence-corrected chi connectivity index (χ2v) is 6.01. The Morgan fingerprint density at radius 1 is 0.952 bits per heavy atom. The third kappa shape index (κ3) is 4.18. The van der Waals surface area contributed by atoms with Crippen molar-refractivity contribution in [3.63, 3.8) is 0 Å². The van der Waals surface area contributed by atoms with Crippen molar-refractivity contribution in [3.05, 3.63) is 70.3 Å². The lowest BCUT2D eigenvalue weighted by Gasteiger charge is -2.20. The number of nitrogens with one attached hydrogen (secondary N) is 1. The number of aryl methyl sites for hydroxylation is 3. The van der Waals surface area contributed by atoms with Gasteiger partial charge in [0.25, 0.3) is 0 Å². The maximum Gasteiger partial charge on any atom is 0.0323 e. The third-order valence-corrected chi connectivity index (χ3v) is 4.14. The van der Waals surface area contributed by atoms with Gasteiger partial charge in [-0.05, 0) is 49.4 Å². The molecule has 21 heavy (non-hydrogen) atoms. The van der Waals surface area contributed by atoms with Crippen LogP contribution in [0.5, 0.6) is 0 Å². The van der Waals surface area contributed by atoms with Crippen molar-refractivity contribution in [1.29, 1.82) is 0 Å². The van der Waals surface area contributed by atoms with Gasteiger partial charge >= 0.3 is 0 Å². The summed E-state index contributed by atoms with van der Waals surface area (Å²) in [5.41, 5.74) is 6.97. The van der Waals surface area contributed by atoms with Gasteiger partial charge in [-0.15, -0.1) is 0 Å². The van der Waals surface area contributed by atoms with E-state index >= 15 is 0 Å². The molecule has 0 bridgehead atoms. The van der Waals surface area contributed by atoms with Crippen LogP contribution in [0.25, 0.3) is 0 Å². The van der Waals surface area contributed by atoms with Gasteiger partial charge in [0.2, 0.25) is 0 Å². The van der Waals surface area contributed by atoms with Crippen LogP contribution in [-0.4, -0.2) is 0 Å². The van der Waals surface area contributed by atoms with Gasteiger partial charge in [-0.25, -0.2) is 0 Å². The fourth-order valence-corrected chi connectivity index (χ4v) is 3.07. The van der Waals surface area contributed by atoms with E-state index in [1.54, 1.807) is 0 Å². The van der Waals surface area contributed by atoms with Gasteiger partial charge in [0.05, 0.1) is 0 Å². The summed E-state index contributed by atoms with van der Waals surface area (Å²) < 4.78 is 0. The molecule has 1 heteroatoms. The van der Waals surface area contributed by atoms with Crippen LogP contribution in [0, 0.1) is 20.8 Å². The van der Waals surface area contributed by atoms with E-state index in [4.69, 9.17) is 0 Å². The minimum absolute atomic E-state index is 0.441. The number of rotatable bonds is 6. The predicted molar refractivity (Wildman–Crippen MR) is 91.6 cm³/mol. The van der Waals surface area contributed by atoms with Crippen molar-refractivity contribution in [2.24, 2.45) is 0 Å².